The van der Waals surface area contributed by atoms with Gasteiger partial charge in [0.1, 0.15) is 12.1 Å². The number of oxazole rings is 1. The summed E-state index contributed by atoms with van der Waals surface area (Å²) in [5.41, 5.74) is 1.79. The van der Waals surface area contributed by atoms with E-state index >= 15 is 0 Å². The minimum absolute atomic E-state index is 0.0115. The lowest BCUT2D eigenvalue weighted by Gasteiger charge is -2.20. The molecule has 0 saturated carbocycles. The van der Waals surface area contributed by atoms with Crippen LogP contribution >= 0.6 is 0 Å². The molecule has 1 aliphatic rings. The Morgan fingerprint density at radius 2 is 2.22 bits per heavy atom. The minimum atomic E-state index is -0.654. The van der Waals surface area contributed by atoms with E-state index in [-0.39, 0.29) is 18.0 Å². The second-order valence-electron chi connectivity index (χ2n) is 5.56. The smallest absolute Gasteiger partial charge is 0.256 e. The van der Waals surface area contributed by atoms with Gasteiger partial charge in [-0.1, -0.05) is 0 Å². The van der Waals surface area contributed by atoms with Crippen LogP contribution in [-0.2, 0) is 17.8 Å². The predicted octanol–water partition coefficient (Wildman–Crippen LogP) is 2.28. The molecule has 1 aromatic carbocycles. The SMILES string of the molecule is Cc1nc(CN(C)C(=O)c2cc3c(cc2F)NC(=O)CC3)co1. The van der Waals surface area contributed by atoms with Gasteiger partial charge in [0.05, 0.1) is 17.8 Å². The van der Waals surface area contributed by atoms with E-state index in [0.29, 0.717) is 30.1 Å². The Morgan fingerprint density at radius 1 is 1.43 bits per heavy atom. The largest absolute Gasteiger partial charge is 0.449 e. The highest BCUT2D eigenvalue weighted by Gasteiger charge is 2.22. The van der Waals surface area contributed by atoms with Crippen LogP contribution in [0.25, 0.3) is 0 Å². The number of rotatable bonds is 3. The maximum absolute atomic E-state index is 14.2. The van der Waals surface area contributed by atoms with Crippen LogP contribution in [0.15, 0.2) is 22.8 Å². The molecule has 0 saturated heterocycles. The molecule has 0 atom stereocenters. The molecule has 120 valence electrons. The van der Waals surface area contributed by atoms with E-state index in [4.69, 9.17) is 4.42 Å². The van der Waals surface area contributed by atoms with E-state index < -0.39 is 11.7 Å². The van der Waals surface area contributed by atoms with E-state index in [2.05, 4.69) is 10.3 Å². The number of carbonyl (C=O) groups is 2. The summed E-state index contributed by atoms with van der Waals surface area (Å²) in [7, 11) is 1.58. The number of nitrogens with one attached hydrogen (secondary N) is 1. The van der Waals surface area contributed by atoms with Crippen molar-refractivity contribution in [1.29, 1.82) is 0 Å². The zero-order valence-electron chi connectivity index (χ0n) is 12.9. The van der Waals surface area contributed by atoms with Crippen molar-refractivity contribution in [3.05, 3.63) is 46.9 Å². The summed E-state index contributed by atoms with van der Waals surface area (Å²) in [5, 5.41) is 2.61. The van der Waals surface area contributed by atoms with Crippen molar-refractivity contribution in [2.45, 2.75) is 26.3 Å². The summed E-state index contributed by atoms with van der Waals surface area (Å²) in [5.74, 6) is -0.729. The highest BCUT2D eigenvalue weighted by atomic mass is 19.1. The van der Waals surface area contributed by atoms with Crippen molar-refractivity contribution < 1.29 is 18.4 Å². The number of fused-ring (bicyclic) bond motifs is 1. The third-order valence-corrected chi connectivity index (χ3v) is 3.73. The molecule has 0 radical (unpaired) electrons. The van der Waals surface area contributed by atoms with E-state index in [1.807, 2.05) is 0 Å². The fourth-order valence-electron chi connectivity index (χ4n) is 2.57. The summed E-state index contributed by atoms with van der Waals surface area (Å²) in [6.45, 7) is 1.94. The number of hydrogen-bond acceptors (Lipinski definition) is 4. The molecule has 2 aromatic rings. The number of nitrogens with zero attached hydrogens (tertiary/aromatic N) is 2. The number of halogens is 1. The average Bonchev–Trinajstić information content (AvgIpc) is 2.90. The van der Waals surface area contributed by atoms with Gasteiger partial charge in [0.25, 0.3) is 5.91 Å². The summed E-state index contributed by atoms with van der Waals surface area (Å²) < 4.78 is 19.3. The number of carbonyl (C=O) groups excluding carboxylic acids is 2. The van der Waals surface area contributed by atoms with Crippen molar-refractivity contribution >= 4 is 17.5 Å². The number of benzene rings is 1. The monoisotopic (exact) mass is 317 g/mol. The van der Waals surface area contributed by atoms with Gasteiger partial charge in [-0.15, -0.1) is 0 Å². The molecule has 23 heavy (non-hydrogen) atoms. The Morgan fingerprint density at radius 3 is 2.91 bits per heavy atom. The fraction of sp³-hybridized carbons (Fsp3) is 0.312. The number of amides is 2. The molecular formula is C16H16FN3O3. The molecule has 3 rings (SSSR count). The van der Waals surface area contributed by atoms with Crippen molar-refractivity contribution in [1.82, 2.24) is 9.88 Å². The van der Waals surface area contributed by atoms with Crippen LogP contribution in [-0.4, -0.2) is 28.7 Å². The summed E-state index contributed by atoms with van der Waals surface area (Å²) in [4.78, 5) is 29.3. The van der Waals surface area contributed by atoms with Gasteiger partial charge in [-0.3, -0.25) is 9.59 Å². The first-order chi connectivity index (χ1) is 10.9. The van der Waals surface area contributed by atoms with Gasteiger partial charge in [0.2, 0.25) is 5.91 Å². The maximum Gasteiger partial charge on any atom is 0.256 e. The van der Waals surface area contributed by atoms with Crippen LogP contribution in [0.2, 0.25) is 0 Å². The van der Waals surface area contributed by atoms with Crippen LogP contribution in [0, 0.1) is 12.7 Å². The van der Waals surface area contributed by atoms with Crippen molar-refractivity contribution in [3.8, 4) is 0 Å². The Labute approximate surface area is 132 Å². The topological polar surface area (TPSA) is 75.4 Å². The van der Waals surface area contributed by atoms with Crippen molar-refractivity contribution in [3.63, 3.8) is 0 Å². The first-order valence-electron chi connectivity index (χ1n) is 7.23. The molecule has 0 aliphatic carbocycles. The number of hydrogen-bond donors (Lipinski definition) is 1. The second kappa shape index (κ2) is 5.83. The van der Waals surface area contributed by atoms with Gasteiger partial charge >= 0.3 is 0 Å². The highest BCUT2D eigenvalue weighted by molar-refractivity contribution is 5.98. The lowest BCUT2D eigenvalue weighted by atomic mass is 9.99. The lowest BCUT2D eigenvalue weighted by Crippen LogP contribution is -2.28. The van der Waals surface area contributed by atoms with Gasteiger partial charge < -0.3 is 14.6 Å². The highest BCUT2D eigenvalue weighted by Crippen LogP contribution is 2.26. The van der Waals surface area contributed by atoms with Gasteiger partial charge in [0, 0.05) is 26.1 Å². The summed E-state index contributed by atoms with van der Waals surface area (Å²) >= 11 is 0. The molecule has 2 amide bonds. The van der Waals surface area contributed by atoms with E-state index in [1.165, 1.54) is 23.3 Å². The zero-order valence-corrected chi connectivity index (χ0v) is 12.9. The molecule has 6 nitrogen and oxygen atoms in total. The Kier molecular flexibility index (Phi) is 3.85. The van der Waals surface area contributed by atoms with E-state index in [1.54, 1.807) is 14.0 Å². The standard InChI is InChI=1S/C16H16FN3O3/c1-9-18-11(8-23-9)7-20(2)16(22)12-5-10-3-4-15(21)19-14(10)6-13(12)17/h5-6,8H,3-4,7H2,1-2H3,(H,19,21). The maximum atomic E-state index is 14.2. The van der Waals surface area contributed by atoms with Crippen molar-refractivity contribution in [2.24, 2.45) is 0 Å². The van der Waals surface area contributed by atoms with Gasteiger partial charge in [-0.2, -0.15) is 0 Å². The van der Waals surface area contributed by atoms with Crippen LogP contribution in [0.4, 0.5) is 10.1 Å². The van der Waals surface area contributed by atoms with Gasteiger partial charge in [-0.25, -0.2) is 9.37 Å². The number of aromatic nitrogens is 1. The van der Waals surface area contributed by atoms with E-state index in [0.717, 1.165) is 5.56 Å². The molecule has 0 unspecified atom stereocenters. The lowest BCUT2D eigenvalue weighted by molar-refractivity contribution is -0.116. The van der Waals surface area contributed by atoms with Crippen LogP contribution < -0.4 is 5.32 Å². The quantitative estimate of drug-likeness (QED) is 0.942. The van der Waals surface area contributed by atoms with E-state index in [9.17, 15) is 14.0 Å². The van der Waals surface area contributed by atoms with Crippen molar-refractivity contribution in [2.75, 3.05) is 12.4 Å². The summed E-state index contributed by atoms with van der Waals surface area (Å²) in [6, 6.07) is 2.71. The molecule has 0 spiro atoms. The molecule has 7 heteroatoms. The predicted molar refractivity (Wildman–Crippen MR) is 80.4 cm³/mol. The first kappa shape index (κ1) is 15.2. The Bertz CT molecular complexity index is 785. The molecule has 1 N–H and O–H groups in total. The number of anilines is 1. The molecule has 0 bridgehead atoms. The summed E-state index contributed by atoms with van der Waals surface area (Å²) in [6.07, 6.45) is 2.30. The fourth-order valence-corrected chi connectivity index (χ4v) is 2.57. The molecule has 2 heterocycles. The molecule has 1 aromatic heterocycles. The zero-order chi connectivity index (χ0) is 16.6. The number of aryl methyl sites for hydroxylation is 2. The van der Waals surface area contributed by atoms with Crippen LogP contribution in [0.5, 0.6) is 0 Å². The molecule has 1 aliphatic heterocycles. The Balaban J connectivity index is 1.83. The Hall–Kier alpha value is -2.70. The van der Waals surface area contributed by atoms with Gasteiger partial charge in [-0.05, 0) is 24.1 Å². The normalized spacial score (nSPS) is 13.4. The third kappa shape index (κ3) is 3.08. The molecular weight excluding hydrogens is 301 g/mol. The minimum Gasteiger partial charge on any atom is -0.449 e. The van der Waals surface area contributed by atoms with Crippen LogP contribution in [0.3, 0.4) is 0 Å². The van der Waals surface area contributed by atoms with Crippen LogP contribution in [0.1, 0.15) is 33.9 Å². The van der Waals surface area contributed by atoms with Gasteiger partial charge in [0.15, 0.2) is 5.89 Å². The second-order valence-corrected chi connectivity index (χ2v) is 5.56. The average molecular weight is 317 g/mol. The molecule has 0 fully saturated rings. The first-order valence-corrected chi connectivity index (χ1v) is 7.23. The third-order valence-electron chi connectivity index (χ3n) is 3.73.